The number of rotatable bonds is 0. The second kappa shape index (κ2) is 4.19. The van der Waals surface area contributed by atoms with E-state index in [1.807, 2.05) is 0 Å². The van der Waals surface area contributed by atoms with Gasteiger partial charge in [-0.3, -0.25) is 9.59 Å². The lowest BCUT2D eigenvalue weighted by molar-refractivity contribution is -0.114. The van der Waals surface area contributed by atoms with Crippen molar-refractivity contribution in [1.29, 1.82) is 10.5 Å². The molecule has 1 aliphatic carbocycles. The van der Waals surface area contributed by atoms with Crippen molar-refractivity contribution in [3.63, 3.8) is 0 Å². The van der Waals surface area contributed by atoms with Crippen LogP contribution in [0.1, 0.15) is 0 Å². The van der Waals surface area contributed by atoms with Gasteiger partial charge in [-0.15, -0.1) is 0 Å². The van der Waals surface area contributed by atoms with Crippen molar-refractivity contribution in [2.45, 2.75) is 0 Å². The molecule has 14 heavy (non-hydrogen) atoms. The van der Waals surface area contributed by atoms with Crippen molar-refractivity contribution in [3.05, 3.63) is 18.3 Å². The highest BCUT2D eigenvalue weighted by Crippen LogP contribution is 2.31. The van der Waals surface area contributed by atoms with Crippen molar-refractivity contribution >= 4 is 56.7 Å². The third kappa shape index (κ3) is 1.60. The third-order valence-corrected chi connectivity index (χ3v) is 4.61. The molecule has 68 valence electrons. The predicted molar refractivity (Wildman–Crippen MR) is 63.3 cm³/mol. The summed E-state index contributed by atoms with van der Waals surface area (Å²) in [6.45, 7) is 0. The fourth-order valence-corrected chi connectivity index (χ4v) is 1.89. The Balaban J connectivity index is 3.51. The van der Waals surface area contributed by atoms with Crippen LogP contribution in [0.5, 0.6) is 0 Å². The lowest BCUT2D eigenvalue weighted by atomic mass is 9.97. The second-order valence-electron chi connectivity index (χ2n) is 2.26. The SMILES string of the molecule is N#CC1=C(C#N)C(=O)C(I)=C(I)C1=O. The lowest BCUT2D eigenvalue weighted by Crippen LogP contribution is -2.18. The summed E-state index contributed by atoms with van der Waals surface area (Å²) in [5.74, 6) is -1.10. The normalized spacial score (nSPS) is 16.9. The van der Waals surface area contributed by atoms with Gasteiger partial charge in [0.1, 0.15) is 23.3 Å². The molecule has 1 rings (SSSR count). The van der Waals surface area contributed by atoms with Gasteiger partial charge >= 0.3 is 0 Å². The Hall–Kier alpha value is -0.740. The molecule has 0 spiro atoms. The molecule has 0 amide bonds. The Morgan fingerprint density at radius 3 is 1.36 bits per heavy atom. The van der Waals surface area contributed by atoms with E-state index < -0.39 is 11.6 Å². The van der Waals surface area contributed by atoms with E-state index >= 15 is 0 Å². The molecular weight excluding hydrogens is 410 g/mol. The highest BCUT2D eigenvalue weighted by molar-refractivity contribution is 14.1. The molecule has 0 aromatic rings. The molecule has 0 saturated heterocycles. The van der Waals surface area contributed by atoms with Gasteiger partial charge in [-0.1, -0.05) is 0 Å². The van der Waals surface area contributed by atoms with Crippen molar-refractivity contribution in [1.82, 2.24) is 0 Å². The van der Waals surface area contributed by atoms with Crippen LogP contribution in [-0.4, -0.2) is 11.6 Å². The molecule has 6 heteroatoms. The highest BCUT2D eigenvalue weighted by atomic mass is 127. The average Bonchev–Trinajstić information content (AvgIpc) is 2.20. The Kier molecular flexibility index (Phi) is 3.39. The van der Waals surface area contributed by atoms with Crippen molar-refractivity contribution in [3.8, 4) is 12.1 Å². The molecule has 0 bridgehead atoms. The van der Waals surface area contributed by atoms with E-state index in [1.165, 1.54) is 0 Å². The van der Waals surface area contributed by atoms with Crippen LogP contribution in [0.3, 0.4) is 0 Å². The van der Waals surface area contributed by atoms with Gasteiger partial charge < -0.3 is 0 Å². The maximum absolute atomic E-state index is 11.4. The summed E-state index contributed by atoms with van der Waals surface area (Å²) in [4.78, 5) is 22.9. The molecule has 0 aromatic carbocycles. The van der Waals surface area contributed by atoms with Crippen LogP contribution < -0.4 is 0 Å². The van der Waals surface area contributed by atoms with Gasteiger partial charge in [0.05, 0.1) is 7.16 Å². The van der Waals surface area contributed by atoms with Gasteiger partial charge in [0.25, 0.3) is 0 Å². The molecule has 0 saturated carbocycles. The summed E-state index contributed by atoms with van der Waals surface area (Å²) in [6, 6.07) is 3.16. The number of Topliss-reactive ketones (excluding diaryl/α,β-unsaturated/α-hetero) is 2. The van der Waals surface area contributed by atoms with Crippen molar-refractivity contribution < 1.29 is 9.59 Å². The zero-order valence-corrected chi connectivity index (χ0v) is 10.8. The fourth-order valence-electron chi connectivity index (χ4n) is 0.859. The van der Waals surface area contributed by atoms with Crippen LogP contribution in [0.15, 0.2) is 18.3 Å². The van der Waals surface area contributed by atoms with E-state index in [9.17, 15) is 9.59 Å². The Bertz CT molecular complexity index is 444. The number of nitriles is 2. The summed E-state index contributed by atoms with van der Waals surface area (Å²) in [7, 11) is 0. The second-order valence-corrected chi connectivity index (χ2v) is 4.42. The molecular formula is C8I2N2O2. The number of allylic oxidation sites excluding steroid dienone is 4. The van der Waals surface area contributed by atoms with E-state index in [-0.39, 0.29) is 18.3 Å². The number of nitrogens with zero attached hydrogens (tertiary/aromatic N) is 2. The monoisotopic (exact) mass is 410 g/mol. The van der Waals surface area contributed by atoms with Gasteiger partial charge in [-0.2, -0.15) is 10.5 Å². The molecule has 0 fully saturated rings. The van der Waals surface area contributed by atoms with E-state index in [0.29, 0.717) is 0 Å². The van der Waals surface area contributed by atoms with Crippen LogP contribution in [0, 0.1) is 22.7 Å². The zero-order valence-electron chi connectivity index (χ0n) is 6.47. The number of halogens is 2. The summed E-state index contributed by atoms with van der Waals surface area (Å²) in [6.07, 6.45) is 0. The average molecular weight is 410 g/mol. The maximum atomic E-state index is 11.4. The van der Waals surface area contributed by atoms with Crippen LogP contribution >= 0.6 is 45.2 Å². The van der Waals surface area contributed by atoms with E-state index in [2.05, 4.69) is 0 Å². The molecule has 0 unspecified atom stereocenters. The topological polar surface area (TPSA) is 81.7 Å². The minimum Gasteiger partial charge on any atom is -0.287 e. The van der Waals surface area contributed by atoms with Gasteiger partial charge in [0.2, 0.25) is 11.6 Å². The lowest BCUT2D eigenvalue weighted by Gasteiger charge is -2.09. The zero-order chi connectivity index (χ0) is 10.9. The maximum Gasteiger partial charge on any atom is 0.212 e. The number of hydrogen-bond acceptors (Lipinski definition) is 4. The van der Waals surface area contributed by atoms with Crippen molar-refractivity contribution in [2.24, 2.45) is 0 Å². The Labute approximate surface area is 107 Å². The first-order chi connectivity index (χ1) is 6.54. The predicted octanol–water partition coefficient (Wildman–Crippen LogP) is 1.56. The number of carbonyl (C=O) groups excluding carboxylic acids is 2. The summed E-state index contributed by atoms with van der Waals surface area (Å²) >= 11 is 3.39. The standard InChI is InChI=1S/C8I2N2O2/c9-5-6(10)8(14)4(2-12)3(1-11)7(5)13. The molecule has 0 atom stereocenters. The summed E-state index contributed by atoms with van der Waals surface area (Å²) < 4.78 is 0.396. The van der Waals surface area contributed by atoms with E-state index in [0.717, 1.165) is 0 Å². The van der Waals surface area contributed by atoms with Gasteiger partial charge in [-0.25, -0.2) is 0 Å². The molecule has 4 nitrogen and oxygen atoms in total. The highest BCUT2D eigenvalue weighted by Gasteiger charge is 2.32. The minimum absolute atomic E-state index is 0.198. The van der Waals surface area contributed by atoms with Crippen LogP contribution in [0.25, 0.3) is 0 Å². The van der Waals surface area contributed by atoms with E-state index in [4.69, 9.17) is 10.5 Å². The minimum atomic E-state index is -0.548. The molecule has 0 aromatic heterocycles. The smallest absolute Gasteiger partial charge is 0.212 e. The third-order valence-electron chi connectivity index (χ3n) is 1.52. The van der Waals surface area contributed by atoms with Gasteiger partial charge in [-0.05, 0) is 45.2 Å². The molecule has 0 aliphatic heterocycles. The number of hydrogen-bond donors (Lipinski definition) is 0. The molecule has 0 N–H and O–H groups in total. The van der Waals surface area contributed by atoms with Crippen LogP contribution in [0.2, 0.25) is 0 Å². The van der Waals surface area contributed by atoms with Crippen LogP contribution in [-0.2, 0) is 9.59 Å². The van der Waals surface area contributed by atoms with Gasteiger partial charge in [0, 0.05) is 0 Å². The summed E-state index contributed by atoms with van der Waals surface area (Å²) in [5.41, 5.74) is -0.718. The largest absolute Gasteiger partial charge is 0.287 e. The molecule has 1 aliphatic rings. The Morgan fingerprint density at radius 2 is 1.14 bits per heavy atom. The molecule has 0 radical (unpaired) electrons. The molecule has 0 heterocycles. The number of carbonyl (C=O) groups is 2. The Morgan fingerprint density at radius 1 is 0.857 bits per heavy atom. The van der Waals surface area contributed by atoms with Crippen molar-refractivity contribution in [2.75, 3.05) is 0 Å². The first-order valence-electron chi connectivity index (χ1n) is 3.23. The first kappa shape index (κ1) is 11.3. The first-order valence-corrected chi connectivity index (χ1v) is 5.39. The summed E-state index contributed by atoms with van der Waals surface area (Å²) in [5, 5.41) is 17.2. The van der Waals surface area contributed by atoms with Gasteiger partial charge in [0.15, 0.2) is 0 Å². The van der Waals surface area contributed by atoms with Crippen LogP contribution in [0.4, 0.5) is 0 Å². The van der Waals surface area contributed by atoms with E-state index in [1.54, 1.807) is 57.3 Å². The number of ketones is 2. The quantitative estimate of drug-likeness (QED) is 0.449. The fraction of sp³-hybridized carbons (Fsp3) is 0.